The van der Waals surface area contributed by atoms with Crippen molar-refractivity contribution in [2.45, 2.75) is 119 Å². The average molecular weight is 610 g/mol. The van der Waals surface area contributed by atoms with Crippen molar-refractivity contribution in [2.24, 2.45) is 35.0 Å². The average Bonchev–Trinajstić information content (AvgIpc) is 3.03. The molecule has 0 N–H and O–H groups in total. The van der Waals surface area contributed by atoms with Gasteiger partial charge in [-0.05, 0) is 137 Å². The second-order valence-electron chi connectivity index (χ2n) is 16.4. The van der Waals surface area contributed by atoms with Crippen molar-refractivity contribution in [3.8, 4) is 0 Å². The third-order valence-electron chi connectivity index (χ3n) is 11.0. The summed E-state index contributed by atoms with van der Waals surface area (Å²) in [5, 5.41) is 0. The summed E-state index contributed by atoms with van der Waals surface area (Å²) in [7, 11) is 0. The number of ether oxygens (including phenoxy) is 1. The standard InChI is InChI=1S/C11H19N.C10H19NO.C10H19N.C7H10N2/c1-11(2,3)10-8-12-6-4-9(10)5-7-12;1-8(2)12-10-7-11-5-3-9(10)4-6-11;1-8(2)10-7-11-5-3-9(10)4-6-11;1-6(2)7-3-8-5-9-4-7/h8-9H,4-7H2,1-3H3;8-10H,3-7H2,1-2H3;8-10H,3-7H2,1-2H3;3-6H,1-2H3. The van der Waals surface area contributed by atoms with Crippen LogP contribution in [-0.2, 0) is 4.74 Å². The SMILES string of the molecule is CC(C)(C)C1=CN2CCC1CC2.CC(C)C1CN2CCC1CC2.CC(C)OC1CN2CCC1CC2.CC(C)c1cncnc1. The Balaban J connectivity index is 0.000000135. The van der Waals surface area contributed by atoms with Crippen LogP contribution in [0, 0.1) is 35.0 Å². The first-order valence-electron chi connectivity index (χ1n) is 18.2. The number of nitrogens with zero attached hydrogens (tertiary/aromatic N) is 5. The lowest BCUT2D eigenvalue weighted by molar-refractivity contribution is -0.0921. The number of hydrogen-bond acceptors (Lipinski definition) is 6. The topological polar surface area (TPSA) is 44.7 Å². The summed E-state index contributed by atoms with van der Waals surface area (Å²) in [6, 6.07) is 0. The fourth-order valence-corrected chi connectivity index (χ4v) is 8.24. The highest BCUT2D eigenvalue weighted by Crippen LogP contribution is 2.41. The Morgan fingerprint density at radius 2 is 1.27 bits per heavy atom. The van der Waals surface area contributed by atoms with E-state index in [4.69, 9.17) is 4.74 Å². The van der Waals surface area contributed by atoms with E-state index in [-0.39, 0.29) is 0 Å². The van der Waals surface area contributed by atoms with Crippen LogP contribution in [0.1, 0.15) is 112 Å². The highest BCUT2D eigenvalue weighted by molar-refractivity contribution is 5.19. The Hall–Kier alpha value is -1.50. The molecule has 7 saturated heterocycles. The molecule has 0 aliphatic carbocycles. The van der Waals surface area contributed by atoms with E-state index >= 15 is 0 Å². The minimum atomic E-state index is 0.393. The number of allylic oxidation sites excluding steroid dienone is 1. The van der Waals surface area contributed by atoms with Crippen LogP contribution in [0.25, 0.3) is 0 Å². The van der Waals surface area contributed by atoms with Crippen LogP contribution in [0.5, 0.6) is 0 Å². The second kappa shape index (κ2) is 16.4. The Morgan fingerprint density at radius 1 is 0.727 bits per heavy atom. The molecule has 44 heavy (non-hydrogen) atoms. The molecule has 6 heteroatoms. The van der Waals surface area contributed by atoms with Crippen molar-refractivity contribution in [3.05, 3.63) is 36.1 Å². The van der Waals surface area contributed by atoms with Gasteiger partial charge in [0, 0.05) is 38.6 Å². The van der Waals surface area contributed by atoms with Crippen LogP contribution in [0.2, 0.25) is 0 Å². The Bertz CT molecular complexity index is 976. The molecular formula is C38H67N5O. The van der Waals surface area contributed by atoms with Gasteiger partial charge in [-0.3, -0.25) is 0 Å². The molecule has 10 heterocycles. The molecule has 1 aromatic heterocycles. The quantitative estimate of drug-likeness (QED) is 0.348. The fourth-order valence-electron chi connectivity index (χ4n) is 8.24. The van der Waals surface area contributed by atoms with Crippen LogP contribution in [0.3, 0.4) is 0 Å². The van der Waals surface area contributed by atoms with E-state index in [0.717, 1.165) is 29.6 Å². The first-order valence-corrected chi connectivity index (χ1v) is 18.2. The molecular weight excluding hydrogens is 542 g/mol. The maximum absolute atomic E-state index is 5.88. The molecule has 7 fully saturated rings. The molecule has 0 saturated carbocycles. The zero-order valence-electron chi connectivity index (χ0n) is 30.0. The molecule has 0 radical (unpaired) electrons. The summed E-state index contributed by atoms with van der Waals surface area (Å²) >= 11 is 0. The monoisotopic (exact) mass is 610 g/mol. The van der Waals surface area contributed by atoms with Gasteiger partial charge < -0.3 is 19.4 Å². The summed E-state index contributed by atoms with van der Waals surface area (Å²) in [5.41, 5.74) is 3.27. The smallest absolute Gasteiger partial charge is 0.115 e. The summed E-state index contributed by atoms with van der Waals surface area (Å²) in [5.74, 6) is 5.28. The molecule has 0 amide bonds. The molecule has 2 atom stereocenters. The first kappa shape index (κ1) is 35.4. The maximum atomic E-state index is 5.88. The van der Waals surface area contributed by atoms with Crippen molar-refractivity contribution < 1.29 is 4.74 Å². The van der Waals surface area contributed by atoms with Crippen molar-refractivity contribution in [1.29, 1.82) is 0 Å². The predicted molar refractivity (Wildman–Crippen MR) is 185 cm³/mol. The van der Waals surface area contributed by atoms with Crippen LogP contribution in [-0.4, -0.2) is 89.2 Å². The van der Waals surface area contributed by atoms with E-state index in [2.05, 4.69) is 93.2 Å². The zero-order valence-corrected chi connectivity index (χ0v) is 30.0. The minimum Gasteiger partial charge on any atom is -0.377 e. The van der Waals surface area contributed by atoms with Gasteiger partial charge in [0.1, 0.15) is 6.33 Å². The third kappa shape index (κ3) is 10.3. The second-order valence-corrected chi connectivity index (χ2v) is 16.4. The summed E-state index contributed by atoms with van der Waals surface area (Å²) in [6.07, 6.45) is 17.0. The Kier molecular flexibility index (Phi) is 13.1. The molecule has 2 unspecified atom stereocenters. The van der Waals surface area contributed by atoms with Crippen molar-refractivity contribution in [1.82, 2.24) is 24.7 Å². The minimum absolute atomic E-state index is 0.393. The lowest BCUT2D eigenvalue weighted by Gasteiger charge is -2.46. The molecule has 6 bridgehead atoms. The van der Waals surface area contributed by atoms with E-state index in [1.807, 2.05) is 12.4 Å². The lowest BCUT2D eigenvalue weighted by atomic mass is 9.73. The highest BCUT2D eigenvalue weighted by Gasteiger charge is 2.36. The van der Waals surface area contributed by atoms with Crippen molar-refractivity contribution in [3.63, 3.8) is 0 Å². The van der Waals surface area contributed by atoms with Gasteiger partial charge in [0.15, 0.2) is 0 Å². The molecule has 1 aromatic rings. The van der Waals surface area contributed by atoms with Gasteiger partial charge in [0.25, 0.3) is 0 Å². The summed E-state index contributed by atoms with van der Waals surface area (Å²) in [4.78, 5) is 15.5. The number of piperidine rings is 7. The van der Waals surface area contributed by atoms with E-state index < -0.39 is 0 Å². The van der Waals surface area contributed by atoms with Crippen LogP contribution < -0.4 is 0 Å². The zero-order chi connectivity index (χ0) is 31.9. The highest BCUT2D eigenvalue weighted by atomic mass is 16.5. The molecule has 250 valence electrons. The van der Waals surface area contributed by atoms with Gasteiger partial charge in [-0.25, -0.2) is 9.97 Å². The number of fused-ring (bicyclic) bond motifs is 8. The van der Waals surface area contributed by atoms with Crippen LogP contribution in [0.4, 0.5) is 0 Å². The number of rotatable bonds is 4. The number of aromatic nitrogens is 2. The Morgan fingerprint density at radius 3 is 1.57 bits per heavy atom. The van der Waals surface area contributed by atoms with Crippen molar-refractivity contribution >= 4 is 0 Å². The molecule has 10 rings (SSSR count). The number of hydrogen-bond donors (Lipinski definition) is 0. The molecule has 9 aliphatic rings. The molecule has 9 aliphatic heterocycles. The van der Waals surface area contributed by atoms with Gasteiger partial charge in [-0.2, -0.15) is 0 Å². The van der Waals surface area contributed by atoms with Crippen LogP contribution >= 0.6 is 0 Å². The molecule has 0 spiro atoms. The normalized spacial score (nSPS) is 30.7. The summed E-state index contributed by atoms with van der Waals surface area (Å²) < 4.78 is 5.88. The van der Waals surface area contributed by atoms with E-state index in [1.54, 1.807) is 11.9 Å². The van der Waals surface area contributed by atoms with E-state index in [9.17, 15) is 0 Å². The van der Waals surface area contributed by atoms with Gasteiger partial charge in [0.05, 0.1) is 12.2 Å². The molecule has 0 aromatic carbocycles. The molecule has 6 nitrogen and oxygen atoms in total. The van der Waals surface area contributed by atoms with Gasteiger partial charge in [0.2, 0.25) is 0 Å². The fraction of sp³-hybridized carbons (Fsp3) is 0.842. The van der Waals surface area contributed by atoms with Gasteiger partial charge >= 0.3 is 0 Å². The van der Waals surface area contributed by atoms with E-state index in [1.165, 1.54) is 96.4 Å². The van der Waals surface area contributed by atoms with Crippen LogP contribution in [0.15, 0.2) is 30.5 Å². The third-order valence-corrected chi connectivity index (χ3v) is 11.0. The predicted octanol–water partition coefficient (Wildman–Crippen LogP) is 7.73. The van der Waals surface area contributed by atoms with Gasteiger partial charge in [-0.15, -0.1) is 0 Å². The summed E-state index contributed by atoms with van der Waals surface area (Å²) in [6.45, 7) is 30.8. The van der Waals surface area contributed by atoms with Gasteiger partial charge in [-0.1, -0.05) is 48.5 Å². The largest absolute Gasteiger partial charge is 0.377 e. The maximum Gasteiger partial charge on any atom is 0.115 e. The van der Waals surface area contributed by atoms with E-state index in [0.29, 0.717) is 23.5 Å². The first-order chi connectivity index (χ1) is 20.9. The lowest BCUT2D eigenvalue weighted by Crippen LogP contribution is -2.51. The van der Waals surface area contributed by atoms with Crippen molar-refractivity contribution in [2.75, 3.05) is 52.4 Å². The Labute approximate surface area is 271 Å².